The van der Waals surface area contributed by atoms with E-state index in [1.54, 1.807) is 6.26 Å². The first kappa shape index (κ1) is 20.6. The maximum absolute atomic E-state index is 5.48. The summed E-state index contributed by atoms with van der Waals surface area (Å²) in [7, 11) is 0. The van der Waals surface area contributed by atoms with Crippen molar-refractivity contribution in [1.82, 2.24) is 10.2 Å². The summed E-state index contributed by atoms with van der Waals surface area (Å²) in [6.07, 6.45) is 5.07. The summed E-state index contributed by atoms with van der Waals surface area (Å²) in [6, 6.07) is 3.97. The fraction of sp³-hybridized carbons (Fsp3) is 0.737. The molecule has 3 atom stereocenters. The summed E-state index contributed by atoms with van der Waals surface area (Å²) in [5.41, 5.74) is 0. The summed E-state index contributed by atoms with van der Waals surface area (Å²) in [5, 5.41) is 3.57. The molecule has 2 fully saturated rings. The molecular weight excluding hydrogens is 429 g/mol. The smallest absolute Gasteiger partial charge is 0.193 e. The molecule has 0 amide bonds. The van der Waals surface area contributed by atoms with E-state index in [2.05, 4.69) is 24.1 Å². The molecule has 0 bridgehead atoms. The van der Waals surface area contributed by atoms with Crippen molar-refractivity contribution in [2.24, 2.45) is 22.7 Å². The average Bonchev–Trinajstić information content (AvgIpc) is 3.23. The van der Waals surface area contributed by atoms with Gasteiger partial charge in [-0.2, -0.15) is 0 Å². The summed E-state index contributed by atoms with van der Waals surface area (Å²) in [5.74, 6) is 4.10. The summed E-state index contributed by atoms with van der Waals surface area (Å²) in [4.78, 5) is 7.38. The normalized spacial score (nSPS) is 27.2. The number of rotatable bonds is 5. The zero-order chi connectivity index (χ0) is 16.8. The molecule has 0 radical (unpaired) electrons. The van der Waals surface area contributed by atoms with Gasteiger partial charge in [0.1, 0.15) is 5.76 Å². The van der Waals surface area contributed by atoms with Gasteiger partial charge in [-0.05, 0) is 36.8 Å². The molecule has 1 aromatic rings. The molecule has 3 rings (SSSR count). The predicted octanol–water partition coefficient (Wildman–Crippen LogP) is 3.40. The third-order valence-electron chi connectivity index (χ3n) is 4.93. The second kappa shape index (κ2) is 10.4. The number of piperidine rings is 1. The number of likely N-dealkylation sites (tertiary alicyclic amines) is 1. The number of nitrogens with zero attached hydrogens (tertiary/aromatic N) is 2. The van der Waals surface area contributed by atoms with Crippen LogP contribution in [0.3, 0.4) is 0 Å². The highest BCUT2D eigenvalue weighted by molar-refractivity contribution is 14.0. The Kier molecular flexibility index (Phi) is 8.55. The van der Waals surface area contributed by atoms with Crippen LogP contribution in [0.4, 0.5) is 0 Å². The monoisotopic (exact) mass is 461 g/mol. The van der Waals surface area contributed by atoms with Crippen LogP contribution in [0, 0.1) is 17.8 Å². The van der Waals surface area contributed by atoms with Gasteiger partial charge >= 0.3 is 0 Å². The fourth-order valence-electron chi connectivity index (χ4n) is 3.80. The SMILES string of the molecule is CC1CC(C)CN(C(=NCC2CCOC2)NCCc2ccco2)C1.I. The van der Waals surface area contributed by atoms with Gasteiger partial charge in [0.15, 0.2) is 5.96 Å². The van der Waals surface area contributed by atoms with Gasteiger partial charge < -0.3 is 19.4 Å². The van der Waals surface area contributed by atoms with Crippen molar-refractivity contribution in [1.29, 1.82) is 0 Å². The first-order valence-electron chi connectivity index (χ1n) is 9.34. The Morgan fingerprint density at radius 1 is 1.32 bits per heavy atom. The highest BCUT2D eigenvalue weighted by Crippen LogP contribution is 2.21. The van der Waals surface area contributed by atoms with E-state index in [-0.39, 0.29) is 24.0 Å². The maximum atomic E-state index is 5.48. The van der Waals surface area contributed by atoms with Gasteiger partial charge in [0.05, 0.1) is 12.9 Å². The van der Waals surface area contributed by atoms with Crippen molar-refractivity contribution in [3.8, 4) is 0 Å². The second-order valence-electron chi connectivity index (χ2n) is 7.50. The highest BCUT2D eigenvalue weighted by atomic mass is 127. The van der Waals surface area contributed by atoms with Crippen LogP contribution in [0.1, 0.15) is 32.4 Å². The minimum Gasteiger partial charge on any atom is -0.469 e. The molecule has 3 heterocycles. The third-order valence-corrected chi connectivity index (χ3v) is 4.93. The van der Waals surface area contributed by atoms with E-state index < -0.39 is 0 Å². The molecule has 0 aliphatic carbocycles. The van der Waals surface area contributed by atoms with E-state index >= 15 is 0 Å². The van der Waals surface area contributed by atoms with E-state index in [1.165, 1.54) is 6.42 Å². The largest absolute Gasteiger partial charge is 0.469 e. The summed E-state index contributed by atoms with van der Waals surface area (Å²) >= 11 is 0. The number of ether oxygens (including phenoxy) is 1. The lowest BCUT2D eigenvalue weighted by molar-refractivity contribution is 0.186. The molecule has 25 heavy (non-hydrogen) atoms. The molecule has 1 aromatic heterocycles. The lowest BCUT2D eigenvalue weighted by Crippen LogP contribution is -2.49. The lowest BCUT2D eigenvalue weighted by atomic mass is 9.92. The van der Waals surface area contributed by atoms with Gasteiger partial charge in [-0.25, -0.2) is 0 Å². The molecule has 2 saturated heterocycles. The zero-order valence-electron chi connectivity index (χ0n) is 15.4. The van der Waals surface area contributed by atoms with Crippen LogP contribution in [-0.2, 0) is 11.2 Å². The molecule has 2 aliphatic rings. The van der Waals surface area contributed by atoms with Gasteiger partial charge in [0.25, 0.3) is 0 Å². The molecule has 0 spiro atoms. The Morgan fingerprint density at radius 2 is 2.12 bits per heavy atom. The van der Waals surface area contributed by atoms with Crippen LogP contribution < -0.4 is 5.32 Å². The third kappa shape index (κ3) is 6.47. The fourth-order valence-corrected chi connectivity index (χ4v) is 3.80. The van der Waals surface area contributed by atoms with Gasteiger partial charge in [-0.3, -0.25) is 4.99 Å². The van der Waals surface area contributed by atoms with Crippen molar-refractivity contribution >= 4 is 29.9 Å². The van der Waals surface area contributed by atoms with E-state index in [1.807, 2.05) is 12.1 Å². The molecule has 0 aromatic carbocycles. The molecular formula is C19H32IN3O2. The summed E-state index contributed by atoms with van der Waals surface area (Å²) in [6.45, 7) is 10.3. The first-order valence-corrected chi connectivity index (χ1v) is 9.34. The Hall–Kier alpha value is -0.760. The molecule has 3 unspecified atom stereocenters. The van der Waals surface area contributed by atoms with Crippen LogP contribution in [0.15, 0.2) is 27.8 Å². The van der Waals surface area contributed by atoms with Crippen LogP contribution in [-0.4, -0.2) is 50.3 Å². The summed E-state index contributed by atoms with van der Waals surface area (Å²) < 4.78 is 10.9. The second-order valence-corrected chi connectivity index (χ2v) is 7.50. The van der Waals surface area contributed by atoms with Gasteiger partial charge in [0, 0.05) is 45.1 Å². The number of hydrogen-bond donors (Lipinski definition) is 1. The topological polar surface area (TPSA) is 50.0 Å². The lowest BCUT2D eigenvalue weighted by Gasteiger charge is -2.37. The van der Waals surface area contributed by atoms with Crippen LogP contribution >= 0.6 is 24.0 Å². The molecule has 1 N–H and O–H groups in total. The zero-order valence-corrected chi connectivity index (χ0v) is 17.8. The Morgan fingerprint density at radius 3 is 2.76 bits per heavy atom. The number of halogens is 1. The van der Waals surface area contributed by atoms with Crippen molar-refractivity contribution in [2.75, 3.05) is 39.4 Å². The van der Waals surface area contributed by atoms with E-state index in [0.717, 1.165) is 75.8 Å². The van der Waals surface area contributed by atoms with Crippen molar-refractivity contribution in [3.63, 3.8) is 0 Å². The van der Waals surface area contributed by atoms with Crippen LogP contribution in [0.25, 0.3) is 0 Å². The Labute approximate surface area is 168 Å². The van der Waals surface area contributed by atoms with E-state index in [0.29, 0.717) is 5.92 Å². The Bertz CT molecular complexity index is 505. The van der Waals surface area contributed by atoms with Gasteiger partial charge in [-0.1, -0.05) is 13.8 Å². The average molecular weight is 461 g/mol. The number of nitrogens with one attached hydrogen (secondary N) is 1. The number of guanidine groups is 1. The van der Waals surface area contributed by atoms with Crippen LogP contribution in [0.2, 0.25) is 0 Å². The van der Waals surface area contributed by atoms with E-state index in [9.17, 15) is 0 Å². The van der Waals surface area contributed by atoms with Crippen molar-refractivity contribution in [2.45, 2.75) is 33.1 Å². The van der Waals surface area contributed by atoms with Gasteiger partial charge in [-0.15, -0.1) is 24.0 Å². The standard InChI is InChI=1S/C19H31N3O2.HI/c1-15-10-16(2)13-22(12-15)19(21-11-17-6-9-23-14-17)20-7-5-18-4-3-8-24-18;/h3-4,8,15-17H,5-7,9-14H2,1-2H3,(H,20,21);1H. The predicted molar refractivity (Wildman–Crippen MR) is 112 cm³/mol. The van der Waals surface area contributed by atoms with Crippen LogP contribution in [0.5, 0.6) is 0 Å². The number of hydrogen-bond acceptors (Lipinski definition) is 3. The van der Waals surface area contributed by atoms with Crippen molar-refractivity contribution < 1.29 is 9.15 Å². The maximum Gasteiger partial charge on any atom is 0.193 e. The molecule has 2 aliphatic heterocycles. The minimum atomic E-state index is 0. The van der Waals surface area contributed by atoms with Crippen molar-refractivity contribution in [3.05, 3.63) is 24.2 Å². The number of aliphatic imine (C=N–C) groups is 1. The Balaban J connectivity index is 0.00000225. The quantitative estimate of drug-likeness (QED) is 0.415. The number of furan rings is 1. The first-order chi connectivity index (χ1) is 11.7. The molecule has 6 heteroatoms. The molecule has 5 nitrogen and oxygen atoms in total. The van der Waals surface area contributed by atoms with E-state index in [4.69, 9.17) is 14.1 Å². The van der Waals surface area contributed by atoms with Gasteiger partial charge in [0.2, 0.25) is 0 Å². The molecule has 0 saturated carbocycles. The highest BCUT2D eigenvalue weighted by Gasteiger charge is 2.24. The minimum absolute atomic E-state index is 0. The molecule has 142 valence electrons.